The fourth-order valence-electron chi connectivity index (χ4n) is 11.3. The van der Waals surface area contributed by atoms with Crippen LogP contribution in [0.4, 0.5) is 0 Å². The van der Waals surface area contributed by atoms with E-state index >= 15 is 0 Å². The number of benzene rings is 8. The molecule has 5 nitrogen and oxygen atoms in total. The highest BCUT2D eigenvalue weighted by atomic mass is 16.5. The molecule has 0 saturated heterocycles. The van der Waals surface area contributed by atoms with Gasteiger partial charge < -0.3 is 9.15 Å². The Hall–Kier alpha value is -8.15. The van der Waals surface area contributed by atoms with Crippen LogP contribution in [-0.4, -0.2) is 15.0 Å². The molecule has 8 aromatic carbocycles. The Morgan fingerprint density at radius 1 is 0.492 bits per heavy atom. The Balaban J connectivity index is 0.944. The molecular formula is C60H39N3O2. The molecule has 2 atom stereocenters. The first-order valence-electron chi connectivity index (χ1n) is 22.4. The quantitative estimate of drug-likeness (QED) is 0.173. The van der Waals surface area contributed by atoms with Crippen molar-refractivity contribution in [3.63, 3.8) is 0 Å². The minimum absolute atomic E-state index is 0.315. The highest BCUT2D eigenvalue weighted by Crippen LogP contribution is 2.63. The maximum absolute atomic E-state index is 7.13. The second-order valence-electron chi connectivity index (χ2n) is 18.0. The standard InChI is InChI=1S/C60H39N3O2/c1-59(33-32-36-34-39(59)35-36)58-62-56(38-30-28-37(29-31-38)40-19-12-20-46-44-17-6-10-26-52(44)64-54(40)46)61-57(63-58)47-18-3-2-14-41(47)45-21-13-25-51-55(45)65-53-27-11-9-24-50(53)60(51)48-22-7-4-15-42(48)43-16-5-8-23-49(43)60/h2-34,39H,35H2,1H3. The SMILES string of the molecule is CC1(c2nc(-c3ccc(-c4cccc5c4oc4ccccc45)cc3)nc(-c3ccccc3-c3cccc4c3Oc3ccccc3C43c4ccccc4-c4ccccc43)n2)C=CC2=CC1C2. The Kier molecular flexibility index (Phi) is 7.51. The average Bonchev–Trinajstić information content (AvgIpc) is 3.88. The molecule has 1 aliphatic heterocycles. The first-order valence-corrected chi connectivity index (χ1v) is 22.4. The molecule has 5 heteroatoms. The third-order valence-corrected chi connectivity index (χ3v) is 14.6. The minimum atomic E-state index is -0.574. The zero-order valence-corrected chi connectivity index (χ0v) is 35.5. The van der Waals surface area contributed by atoms with Gasteiger partial charge in [-0.2, -0.15) is 0 Å². The number of para-hydroxylation sites is 4. The van der Waals surface area contributed by atoms with Crippen molar-refractivity contribution in [1.29, 1.82) is 0 Å². The number of furan rings is 1. The molecule has 2 bridgehead atoms. The zero-order chi connectivity index (χ0) is 42.9. The van der Waals surface area contributed by atoms with E-state index in [9.17, 15) is 0 Å². The number of hydrogen-bond acceptors (Lipinski definition) is 5. The Morgan fingerprint density at radius 2 is 1.08 bits per heavy atom. The summed E-state index contributed by atoms with van der Waals surface area (Å²) in [4.78, 5) is 16.1. The second-order valence-corrected chi connectivity index (χ2v) is 18.0. The average molecular weight is 834 g/mol. The lowest BCUT2D eigenvalue weighted by atomic mass is 9.63. The van der Waals surface area contributed by atoms with E-state index in [0.29, 0.717) is 17.6 Å². The molecule has 0 radical (unpaired) electrons. The van der Waals surface area contributed by atoms with Gasteiger partial charge in [0.05, 0.1) is 10.8 Å². The molecule has 1 spiro atoms. The largest absolute Gasteiger partial charge is 0.456 e. The molecule has 306 valence electrons. The molecule has 0 saturated carbocycles. The highest BCUT2D eigenvalue weighted by molar-refractivity contribution is 6.09. The molecule has 15 rings (SSSR count). The van der Waals surface area contributed by atoms with Gasteiger partial charge in [-0.3, -0.25) is 0 Å². The van der Waals surface area contributed by atoms with Crippen LogP contribution in [0.5, 0.6) is 11.5 Å². The summed E-state index contributed by atoms with van der Waals surface area (Å²) in [6, 6.07) is 64.5. The lowest BCUT2D eigenvalue weighted by Crippen LogP contribution is -2.38. The predicted molar refractivity (Wildman–Crippen MR) is 259 cm³/mol. The van der Waals surface area contributed by atoms with Gasteiger partial charge in [0, 0.05) is 44.2 Å². The molecular weight excluding hydrogens is 795 g/mol. The summed E-state index contributed by atoms with van der Waals surface area (Å²) < 4.78 is 13.6. The number of nitrogens with zero attached hydrogens (tertiary/aromatic N) is 3. The van der Waals surface area contributed by atoms with Crippen LogP contribution in [-0.2, 0) is 10.8 Å². The van der Waals surface area contributed by atoms with Crippen molar-refractivity contribution in [1.82, 2.24) is 15.0 Å². The van der Waals surface area contributed by atoms with Crippen LogP contribution in [0.3, 0.4) is 0 Å². The second kappa shape index (κ2) is 13.4. The van der Waals surface area contributed by atoms with E-state index in [4.69, 9.17) is 24.1 Å². The lowest BCUT2D eigenvalue weighted by molar-refractivity contribution is 0.362. The Bertz CT molecular complexity index is 3660. The van der Waals surface area contributed by atoms with Gasteiger partial charge in [-0.25, -0.2) is 15.0 Å². The lowest BCUT2D eigenvalue weighted by Gasteiger charge is -2.42. The molecule has 3 heterocycles. The van der Waals surface area contributed by atoms with E-state index in [1.807, 2.05) is 12.1 Å². The van der Waals surface area contributed by atoms with Crippen LogP contribution < -0.4 is 4.74 Å². The highest BCUT2D eigenvalue weighted by Gasteiger charge is 2.51. The molecule has 5 aliphatic rings. The molecule has 0 N–H and O–H groups in total. The van der Waals surface area contributed by atoms with Crippen molar-refractivity contribution in [2.24, 2.45) is 5.92 Å². The van der Waals surface area contributed by atoms with E-state index in [-0.39, 0.29) is 0 Å². The van der Waals surface area contributed by atoms with Crippen molar-refractivity contribution in [2.45, 2.75) is 24.2 Å². The maximum atomic E-state index is 7.13. The Labute approximate surface area is 376 Å². The number of ether oxygens (including phenoxy) is 1. The molecule has 0 fully saturated rings. The van der Waals surface area contributed by atoms with Gasteiger partial charge in [0.1, 0.15) is 28.5 Å². The van der Waals surface area contributed by atoms with Gasteiger partial charge in [-0.1, -0.05) is 194 Å². The first kappa shape index (κ1) is 36.3. The number of allylic oxidation sites excluding steroid dienone is 4. The van der Waals surface area contributed by atoms with Gasteiger partial charge in [-0.15, -0.1) is 0 Å². The van der Waals surface area contributed by atoms with Crippen LogP contribution in [0.25, 0.3) is 78.1 Å². The number of hydrogen-bond donors (Lipinski definition) is 0. The summed E-state index contributed by atoms with van der Waals surface area (Å²) in [5.41, 5.74) is 15.4. The van der Waals surface area contributed by atoms with Gasteiger partial charge in [-0.05, 0) is 64.8 Å². The van der Waals surface area contributed by atoms with Gasteiger partial charge in [0.2, 0.25) is 0 Å². The monoisotopic (exact) mass is 833 g/mol. The van der Waals surface area contributed by atoms with Gasteiger partial charge in [0.15, 0.2) is 11.6 Å². The van der Waals surface area contributed by atoms with Crippen LogP contribution in [0, 0.1) is 5.92 Å². The van der Waals surface area contributed by atoms with Crippen molar-refractivity contribution in [3.05, 3.63) is 234 Å². The van der Waals surface area contributed by atoms with E-state index in [2.05, 4.69) is 195 Å². The number of aromatic nitrogens is 3. The summed E-state index contributed by atoms with van der Waals surface area (Å²) in [6.07, 6.45) is 7.92. The smallest absolute Gasteiger partial charge is 0.164 e. The predicted octanol–water partition coefficient (Wildman–Crippen LogP) is 14.7. The van der Waals surface area contributed by atoms with Crippen molar-refractivity contribution >= 4 is 21.9 Å². The van der Waals surface area contributed by atoms with Crippen molar-refractivity contribution in [2.75, 3.05) is 0 Å². The van der Waals surface area contributed by atoms with Crippen LogP contribution in [0.15, 0.2) is 210 Å². The first-order chi connectivity index (χ1) is 32.1. The molecule has 2 unspecified atom stereocenters. The molecule has 2 aromatic heterocycles. The van der Waals surface area contributed by atoms with E-state index < -0.39 is 10.8 Å². The zero-order valence-electron chi connectivity index (χ0n) is 35.5. The van der Waals surface area contributed by atoms with E-state index in [0.717, 1.165) is 90.2 Å². The van der Waals surface area contributed by atoms with Crippen LogP contribution in [0.1, 0.15) is 41.4 Å². The number of fused-ring (bicyclic) bond motifs is 13. The number of rotatable bonds is 5. The maximum Gasteiger partial charge on any atom is 0.164 e. The Morgan fingerprint density at radius 3 is 1.85 bits per heavy atom. The summed E-state index contributed by atoms with van der Waals surface area (Å²) in [5, 5.41) is 2.23. The third kappa shape index (κ3) is 5.06. The molecule has 10 aromatic rings. The topological polar surface area (TPSA) is 61.0 Å². The fraction of sp³-hybridized carbons (Fsp3) is 0.0833. The molecule has 65 heavy (non-hydrogen) atoms. The van der Waals surface area contributed by atoms with Crippen molar-refractivity contribution < 1.29 is 9.15 Å². The van der Waals surface area contributed by atoms with E-state index in [1.165, 1.54) is 27.8 Å². The fourth-order valence-corrected chi connectivity index (χ4v) is 11.3. The minimum Gasteiger partial charge on any atom is -0.456 e. The summed E-state index contributed by atoms with van der Waals surface area (Å²) in [6.45, 7) is 2.27. The van der Waals surface area contributed by atoms with Gasteiger partial charge in [0.25, 0.3) is 0 Å². The molecule has 0 amide bonds. The third-order valence-electron chi connectivity index (χ3n) is 14.6. The molecule has 4 aliphatic carbocycles. The summed E-state index contributed by atoms with van der Waals surface area (Å²) in [7, 11) is 0. The van der Waals surface area contributed by atoms with Crippen molar-refractivity contribution in [3.8, 4) is 67.7 Å². The normalized spacial score (nSPS) is 18.0. The summed E-state index contributed by atoms with van der Waals surface area (Å²) in [5.74, 6) is 4.03. The van der Waals surface area contributed by atoms with Crippen LogP contribution in [0.2, 0.25) is 0 Å². The van der Waals surface area contributed by atoms with Gasteiger partial charge >= 0.3 is 0 Å². The van der Waals surface area contributed by atoms with Crippen LogP contribution >= 0.6 is 0 Å². The summed E-state index contributed by atoms with van der Waals surface area (Å²) >= 11 is 0. The van der Waals surface area contributed by atoms with E-state index in [1.54, 1.807) is 0 Å².